The van der Waals surface area contributed by atoms with Gasteiger partial charge < -0.3 is 14.4 Å². The Labute approximate surface area is 189 Å². The SMILES string of the molecule is CCOCCCN1C(=O)/C(=C\c2c(N3CCOCC3)nc3ccccn3c2=O)SC1=S. The molecule has 2 aromatic rings. The minimum atomic E-state index is -0.214. The largest absolute Gasteiger partial charge is 0.382 e. The zero-order valence-corrected chi connectivity index (χ0v) is 18.9. The van der Waals surface area contributed by atoms with E-state index in [1.807, 2.05) is 17.9 Å². The summed E-state index contributed by atoms with van der Waals surface area (Å²) in [6.45, 7) is 6.04. The Morgan fingerprint density at radius 1 is 1.29 bits per heavy atom. The van der Waals surface area contributed by atoms with Crippen molar-refractivity contribution in [2.45, 2.75) is 13.3 Å². The fourth-order valence-electron chi connectivity index (χ4n) is 3.53. The van der Waals surface area contributed by atoms with E-state index in [9.17, 15) is 9.59 Å². The molecule has 0 saturated carbocycles. The lowest BCUT2D eigenvalue weighted by Gasteiger charge is -2.29. The standard InChI is InChI=1S/C21H24N4O4S2/c1-2-28-11-5-8-25-20(27)16(31-21(25)30)14-15-18(23-9-12-29-13-10-23)22-17-6-3-4-7-24(17)19(15)26/h3-4,6-7,14H,2,5,8-13H2,1H3/b16-14+. The van der Waals surface area contributed by atoms with Crippen LogP contribution in [0.15, 0.2) is 34.1 Å². The number of thiocarbonyl (C=S) groups is 1. The highest BCUT2D eigenvalue weighted by Crippen LogP contribution is 2.33. The number of rotatable bonds is 7. The molecule has 10 heteroatoms. The summed E-state index contributed by atoms with van der Waals surface area (Å²) in [7, 11) is 0. The summed E-state index contributed by atoms with van der Waals surface area (Å²) in [5, 5.41) is 0. The van der Waals surface area contributed by atoms with Gasteiger partial charge in [-0.1, -0.05) is 30.0 Å². The van der Waals surface area contributed by atoms with Crippen molar-refractivity contribution in [2.24, 2.45) is 0 Å². The summed E-state index contributed by atoms with van der Waals surface area (Å²) in [5.74, 6) is 0.387. The summed E-state index contributed by atoms with van der Waals surface area (Å²) in [4.78, 5) is 35.1. The van der Waals surface area contributed by atoms with Crippen LogP contribution in [0.2, 0.25) is 0 Å². The lowest BCUT2D eigenvalue weighted by molar-refractivity contribution is -0.122. The third-order valence-corrected chi connectivity index (χ3v) is 6.46. The molecule has 2 aliphatic heterocycles. The monoisotopic (exact) mass is 460 g/mol. The summed E-state index contributed by atoms with van der Waals surface area (Å²) >= 11 is 6.64. The van der Waals surface area contributed by atoms with Crippen molar-refractivity contribution in [1.82, 2.24) is 14.3 Å². The molecule has 0 radical (unpaired) electrons. The number of pyridine rings is 1. The molecule has 2 saturated heterocycles. The number of carbonyl (C=O) groups excluding carboxylic acids is 1. The molecule has 1 amide bonds. The maximum atomic E-state index is 13.3. The zero-order valence-electron chi connectivity index (χ0n) is 17.3. The molecule has 0 N–H and O–H groups in total. The highest BCUT2D eigenvalue weighted by molar-refractivity contribution is 8.26. The molecule has 2 fully saturated rings. The van der Waals surface area contributed by atoms with Crippen molar-refractivity contribution in [2.75, 3.05) is 51.0 Å². The Balaban J connectivity index is 1.70. The number of aromatic nitrogens is 2. The number of hydrogen-bond donors (Lipinski definition) is 0. The molecule has 164 valence electrons. The Hall–Kier alpha value is -2.27. The molecule has 8 nitrogen and oxygen atoms in total. The van der Waals surface area contributed by atoms with Crippen LogP contribution in [0.5, 0.6) is 0 Å². The van der Waals surface area contributed by atoms with Gasteiger partial charge in [-0.25, -0.2) is 4.98 Å². The van der Waals surface area contributed by atoms with Gasteiger partial charge in [0.1, 0.15) is 15.8 Å². The molecule has 0 spiro atoms. The van der Waals surface area contributed by atoms with E-state index in [-0.39, 0.29) is 11.5 Å². The first-order valence-corrected chi connectivity index (χ1v) is 11.5. The number of nitrogens with zero attached hydrogens (tertiary/aromatic N) is 4. The Morgan fingerprint density at radius 3 is 2.87 bits per heavy atom. The number of thioether (sulfide) groups is 1. The van der Waals surface area contributed by atoms with E-state index < -0.39 is 0 Å². The highest BCUT2D eigenvalue weighted by Gasteiger charge is 2.32. The van der Waals surface area contributed by atoms with Crippen molar-refractivity contribution in [1.29, 1.82) is 0 Å². The van der Waals surface area contributed by atoms with Crippen molar-refractivity contribution in [3.8, 4) is 0 Å². The summed E-state index contributed by atoms with van der Waals surface area (Å²) in [6, 6.07) is 5.43. The van der Waals surface area contributed by atoms with Gasteiger partial charge in [-0.3, -0.25) is 18.9 Å². The third-order valence-electron chi connectivity index (χ3n) is 5.08. The van der Waals surface area contributed by atoms with Crippen molar-refractivity contribution in [3.05, 3.63) is 45.2 Å². The Kier molecular flexibility index (Phi) is 7.01. The molecular weight excluding hydrogens is 436 g/mol. The first kappa shape index (κ1) is 21.9. The molecule has 0 aliphatic carbocycles. The first-order chi connectivity index (χ1) is 15.1. The van der Waals surface area contributed by atoms with E-state index in [2.05, 4.69) is 0 Å². The minimum absolute atomic E-state index is 0.183. The number of carbonyl (C=O) groups is 1. The van der Waals surface area contributed by atoms with Crippen LogP contribution in [0.3, 0.4) is 0 Å². The highest BCUT2D eigenvalue weighted by atomic mass is 32.2. The predicted octanol–water partition coefficient (Wildman–Crippen LogP) is 2.16. The number of ether oxygens (including phenoxy) is 2. The first-order valence-electron chi connectivity index (χ1n) is 10.3. The average molecular weight is 461 g/mol. The fraction of sp³-hybridized carbons (Fsp3) is 0.429. The second-order valence-corrected chi connectivity index (χ2v) is 8.74. The van der Waals surface area contributed by atoms with Gasteiger partial charge in [-0.2, -0.15) is 0 Å². The van der Waals surface area contributed by atoms with Gasteiger partial charge in [0.25, 0.3) is 11.5 Å². The van der Waals surface area contributed by atoms with Gasteiger partial charge in [0.15, 0.2) is 0 Å². The molecule has 0 unspecified atom stereocenters. The van der Waals surface area contributed by atoms with Gasteiger partial charge in [-0.05, 0) is 31.6 Å². The molecule has 31 heavy (non-hydrogen) atoms. The summed E-state index contributed by atoms with van der Waals surface area (Å²) in [6.07, 6.45) is 4.03. The molecule has 0 bridgehead atoms. The number of fused-ring (bicyclic) bond motifs is 1. The number of morpholine rings is 1. The van der Waals surface area contributed by atoms with Crippen LogP contribution in [0.4, 0.5) is 5.82 Å². The molecule has 2 aliphatic rings. The number of hydrogen-bond acceptors (Lipinski definition) is 8. The van der Waals surface area contributed by atoms with Gasteiger partial charge in [0, 0.05) is 39.0 Å². The van der Waals surface area contributed by atoms with Crippen LogP contribution in [-0.2, 0) is 14.3 Å². The quantitative estimate of drug-likeness (QED) is 0.354. The second kappa shape index (κ2) is 9.90. The molecular formula is C21H24N4O4S2. The van der Waals surface area contributed by atoms with Crippen molar-refractivity contribution < 1.29 is 14.3 Å². The van der Waals surface area contributed by atoms with Crippen LogP contribution in [0, 0.1) is 0 Å². The lowest BCUT2D eigenvalue weighted by Crippen LogP contribution is -2.38. The minimum Gasteiger partial charge on any atom is -0.382 e. The van der Waals surface area contributed by atoms with Crippen LogP contribution >= 0.6 is 24.0 Å². The Morgan fingerprint density at radius 2 is 2.10 bits per heavy atom. The van der Waals surface area contributed by atoms with Crippen molar-refractivity contribution >= 4 is 51.7 Å². The Bertz CT molecular complexity index is 1080. The van der Waals surface area contributed by atoms with Gasteiger partial charge in [-0.15, -0.1) is 0 Å². The molecule has 4 heterocycles. The number of anilines is 1. The van der Waals surface area contributed by atoms with Crippen molar-refractivity contribution in [3.63, 3.8) is 0 Å². The van der Waals surface area contributed by atoms with Gasteiger partial charge >= 0.3 is 0 Å². The summed E-state index contributed by atoms with van der Waals surface area (Å²) < 4.78 is 12.8. The van der Waals surface area contributed by atoms with E-state index >= 15 is 0 Å². The van der Waals surface area contributed by atoms with Crippen LogP contribution in [-0.4, -0.2) is 70.6 Å². The molecule has 2 aromatic heterocycles. The third kappa shape index (κ3) is 4.67. The average Bonchev–Trinajstić information content (AvgIpc) is 3.06. The molecule has 0 atom stereocenters. The second-order valence-electron chi connectivity index (χ2n) is 7.07. The van der Waals surface area contributed by atoms with E-state index in [0.717, 1.165) is 0 Å². The van der Waals surface area contributed by atoms with Crippen LogP contribution in [0.1, 0.15) is 18.9 Å². The molecule has 4 rings (SSSR count). The van der Waals surface area contributed by atoms with Crippen LogP contribution < -0.4 is 10.5 Å². The van der Waals surface area contributed by atoms with E-state index in [4.69, 9.17) is 26.7 Å². The van der Waals surface area contributed by atoms with E-state index in [0.29, 0.717) is 78.7 Å². The smallest absolute Gasteiger partial charge is 0.267 e. The lowest BCUT2D eigenvalue weighted by atomic mass is 10.2. The van der Waals surface area contributed by atoms with E-state index in [1.165, 1.54) is 16.2 Å². The topological polar surface area (TPSA) is 76.4 Å². The van der Waals surface area contributed by atoms with Crippen LogP contribution in [0.25, 0.3) is 11.7 Å². The number of amides is 1. The van der Waals surface area contributed by atoms with Gasteiger partial charge in [0.05, 0.1) is 23.7 Å². The predicted molar refractivity (Wildman–Crippen MR) is 125 cm³/mol. The summed E-state index contributed by atoms with van der Waals surface area (Å²) in [5.41, 5.74) is 0.740. The zero-order chi connectivity index (χ0) is 21.8. The van der Waals surface area contributed by atoms with E-state index in [1.54, 1.807) is 29.3 Å². The normalized spacial score (nSPS) is 18.5. The maximum absolute atomic E-state index is 13.3. The molecule has 0 aromatic carbocycles. The van der Waals surface area contributed by atoms with Gasteiger partial charge in [0.2, 0.25) is 0 Å². The fourth-order valence-corrected chi connectivity index (χ4v) is 4.82. The maximum Gasteiger partial charge on any atom is 0.267 e.